The first kappa shape index (κ1) is 20.6. The van der Waals surface area contributed by atoms with Crippen LogP contribution in [0, 0.1) is 11.3 Å². The quantitative estimate of drug-likeness (QED) is 0.876. The number of rotatable bonds is 4. The highest BCUT2D eigenvalue weighted by atomic mass is 16.3. The predicted molar refractivity (Wildman–Crippen MR) is 114 cm³/mol. The zero-order valence-electron chi connectivity index (χ0n) is 18.0. The average Bonchev–Trinajstić information content (AvgIpc) is 2.61. The zero-order valence-corrected chi connectivity index (χ0v) is 18.0. The molecule has 2 fully saturated rings. The second-order valence-corrected chi connectivity index (χ2v) is 9.84. The van der Waals surface area contributed by atoms with E-state index in [1.165, 1.54) is 37.2 Å². The first-order valence-electron chi connectivity index (χ1n) is 10.7. The molecule has 4 heteroatoms. The van der Waals surface area contributed by atoms with Crippen molar-refractivity contribution in [3.63, 3.8) is 0 Å². The van der Waals surface area contributed by atoms with Crippen molar-refractivity contribution in [3.8, 4) is 0 Å². The second kappa shape index (κ2) is 8.50. The number of para-hydroxylation sites is 1. The van der Waals surface area contributed by atoms with Gasteiger partial charge in [-0.15, -0.1) is 0 Å². The molecule has 2 aliphatic rings. The van der Waals surface area contributed by atoms with Crippen molar-refractivity contribution in [2.45, 2.75) is 58.7 Å². The van der Waals surface area contributed by atoms with Crippen LogP contribution in [0.25, 0.3) is 0 Å². The SMILES string of the molecule is CN1CCC(N(C)c2ccccc2CN2CC[C@H](C(C)(C)C)[C@@H](O)C2)CC1. The lowest BCUT2D eigenvalue weighted by molar-refractivity contribution is -0.0264. The van der Waals surface area contributed by atoms with Crippen molar-refractivity contribution < 1.29 is 5.11 Å². The normalized spacial score (nSPS) is 26.3. The summed E-state index contributed by atoms with van der Waals surface area (Å²) in [6.07, 6.45) is 3.32. The lowest BCUT2D eigenvalue weighted by Gasteiger charge is -2.43. The maximum Gasteiger partial charge on any atom is 0.0700 e. The minimum Gasteiger partial charge on any atom is -0.391 e. The van der Waals surface area contributed by atoms with Gasteiger partial charge in [-0.05, 0) is 68.9 Å². The number of β-amino-alcohol motifs (C(OH)–C–C–N with tert-alkyl or cyclic N) is 1. The van der Waals surface area contributed by atoms with Crippen molar-refractivity contribution in [2.24, 2.45) is 11.3 Å². The fourth-order valence-corrected chi connectivity index (χ4v) is 4.96. The predicted octanol–water partition coefficient (Wildman–Crippen LogP) is 3.45. The molecule has 2 atom stereocenters. The molecule has 0 bridgehead atoms. The van der Waals surface area contributed by atoms with Crippen LogP contribution in [0.3, 0.4) is 0 Å². The molecule has 0 aliphatic carbocycles. The van der Waals surface area contributed by atoms with Gasteiger partial charge >= 0.3 is 0 Å². The van der Waals surface area contributed by atoms with E-state index in [-0.39, 0.29) is 11.5 Å². The third-order valence-corrected chi connectivity index (χ3v) is 6.78. The summed E-state index contributed by atoms with van der Waals surface area (Å²) in [5.41, 5.74) is 2.93. The summed E-state index contributed by atoms with van der Waals surface area (Å²) in [7, 11) is 4.48. The van der Waals surface area contributed by atoms with Crippen LogP contribution < -0.4 is 4.90 Å². The number of hydrogen-bond acceptors (Lipinski definition) is 4. The van der Waals surface area contributed by atoms with Crippen LogP contribution >= 0.6 is 0 Å². The van der Waals surface area contributed by atoms with Crippen LogP contribution in [0.5, 0.6) is 0 Å². The minimum absolute atomic E-state index is 0.178. The Hall–Kier alpha value is -1.10. The van der Waals surface area contributed by atoms with Crippen molar-refractivity contribution in [1.29, 1.82) is 0 Å². The number of aliphatic hydroxyl groups is 1. The standard InChI is InChI=1S/C23H39N3O/c1-23(2,3)20-12-15-26(17-22(20)27)16-18-8-6-7-9-21(18)25(5)19-10-13-24(4)14-11-19/h6-9,19-20,22,27H,10-17H2,1-5H3/t20-,22-/m0/s1. The molecule has 27 heavy (non-hydrogen) atoms. The van der Waals surface area contributed by atoms with Crippen molar-refractivity contribution in [2.75, 3.05) is 45.2 Å². The highest BCUT2D eigenvalue weighted by Crippen LogP contribution is 2.35. The molecule has 0 amide bonds. The van der Waals surface area contributed by atoms with Gasteiger partial charge in [-0.3, -0.25) is 4.90 Å². The van der Waals surface area contributed by atoms with Gasteiger partial charge in [-0.2, -0.15) is 0 Å². The van der Waals surface area contributed by atoms with Crippen LogP contribution in [-0.2, 0) is 6.54 Å². The number of piperidine rings is 2. The van der Waals surface area contributed by atoms with Gasteiger partial charge in [0.05, 0.1) is 6.10 Å². The van der Waals surface area contributed by atoms with Crippen LogP contribution in [0.4, 0.5) is 5.69 Å². The number of hydrogen-bond donors (Lipinski definition) is 1. The molecule has 152 valence electrons. The second-order valence-electron chi connectivity index (χ2n) is 9.84. The highest BCUT2D eigenvalue weighted by Gasteiger charge is 2.35. The Balaban J connectivity index is 1.66. The summed E-state index contributed by atoms with van der Waals surface area (Å²) in [4.78, 5) is 7.37. The van der Waals surface area contributed by atoms with Crippen LogP contribution in [0.2, 0.25) is 0 Å². The number of likely N-dealkylation sites (tertiary alicyclic amines) is 2. The largest absolute Gasteiger partial charge is 0.391 e. The molecule has 0 unspecified atom stereocenters. The Morgan fingerprint density at radius 1 is 1.07 bits per heavy atom. The van der Waals surface area contributed by atoms with Crippen LogP contribution in [-0.4, -0.2) is 67.3 Å². The minimum atomic E-state index is -0.225. The Labute approximate surface area is 166 Å². The molecule has 2 heterocycles. The van der Waals surface area contributed by atoms with Crippen molar-refractivity contribution >= 4 is 5.69 Å². The molecular weight excluding hydrogens is 334 g/mol. The Bertz CT molecular complexity index is 604. The van der Waals surface area contributed by atoms with E-state index in [2.05, 4.69) is 73.8 Å². The molecule has 4 nitrogen and oxygen atoms in total. The lowest BCUT2D eigenvalue weighted by Crippen LogP contribution is -2.47. The molecule has 3 rings (SSSR count). The van der Waals surface area contributed by atoms with Crippen molar-refractivity contribution in [3.05, 3.63) is 29.8 Å². The summed E-state index contributed by atoms with van der Waals surface area (Å²) in [6.45, 7) is 11.9. The monoisotopic (exact) mass is 373 g/mol. The summed E-state index contributed by atoms with van der Waals surface area (Å²) in [5, 5.41) is 10.7. The molecule has 2 aliphatic heterocycles. The molecule has 1 aromatic rings. The molecule has 2 saturated heterocycles. The van der Waals surface area contributed by atoms with Gasteiger partial charge in [0.1, 0.15) is 0 Å². The Kier molecular flexibility index (Phi) is 6.50. The smallest absolute Gasteiger partial charge is 0.0700 e. The maximum atomic E-state index is 10.7. The average molecular weight is 374 g/mol. The number of nitrogens with zero attached hydrogens (tertiary/aromatic N) is 3. The number of aliphatic hydroxyl groups excluding tert-OH is 1. The maximum absolute atomic E-state index is 10.7. The molecule has 0 saturated carbocycles. The van der Waals surface area contributed by atoms with Gasteiger partial charge in [0.25, 0.3) is 0 Å². The summed E-state index contributed by atoms with van der Waals surface area (Å²) < 4.78 is 0. The first-order chi connectivity index (χ1) is 12.8. The van der Waals surface area contributed by atoms with E-state index < -0.39 is 0 Å². The van der Waals surface area contributed by atoms with E-state index in [4.69, 9.17) is 0 Å². The molecule has 0 aromatic heterocycles. The van der Waals surface area contributed by atoms with Gasteiger partial charge in [-0.25, -0.2) is 0 Å². The van der Waals surface area contributed by atoms with Gasteiger partial charge in [-0.1, -0.05) is 39.0 Å². The van der Waals surface area contributed by atoms with Gasteiger partial charge < -0.3 is 14.9 Å². The third-order valence-electron chi connectivity index (χ3n) is 6.78. The lowest BCUT2D eigenvalue weighted by atomic mass is 9.73. The van der Waals surface area contributed by atoms with E-state index >= 15 is 0 Å². The summed E-state index contributed by atoms with van der Waals surface area (Å²) in [5.74, 6) is 0.394. The van der Waals surface area contributed by atoms with E-state index in [0.717, 1.165) is 26.1 Å². The number of anilines is 1. The van der Waals surface area contributed by atoms with E-state index in [9.17, 15) is 5.11 Å². The fourth-order valence-electron chi connectivity index (χ4n) is 4.96. The van der Waals surface area contributed by atoms with E-state index in [1.54, 1.807) is 0 Å². The van der Waals surface area contributed by atoms with Crippen LogP contribution in [0.15, 0.2) is 24.3 Å². The van der Waals surface area contributed by atoms with Crippen LogP contribution in [0.1, 0.15) is 45.6 Å². The van der Waals surface area contributed by atoms with Gasteiger partial charge in [0, 0.05) is 31.9 Å². The summed E-state index contributed by atoms with van der Waals surface area (Å²) in [6, 6.07) is 9.47. The third kappa shape index (κ3) is 5.04. The topological polar surface area (TPSA) is 30.0 Å². The van der Waals surface area contributed by atoms with E-state index in [0.29, 0.717) is 12.0 Å². The molecule has 0 spiro atoms. The molecular formula is C23H39N3O. The number of benzene rings is 1. The first-order valence-corrected chi connectivity index (χ1v) is 10.7. The van der Waals surface area contributed by atoms with Crippen molar-refractivity contribution in [1.82, 2.24) is 9.80 Å². The Morgan fingerprint density at radius 3 is 2.37 bits per heavy atom. The fraction of sp³-hybridized carbons (Fsp3) is 0.739. The highest BCUT2D eigenvalue weighted by molar-refractivity contribution is 5.54. The van der Waals surface area contributed by atoms with Gasteiger partial charge in [0.15, 0.2) is 0 Å². The molecule has 0 radical (unpaired) electrons. The summed E-state index contributed by atoms with van der Waals surface area (Å²) >= 11 is 0. The Morgan fingerprint density at radius 2 is 1.74 bits per heavy atom. The molecule has 1 N–H and O–H groups in total. The van der Waals surface area contributed by atoms with E-state index in [1.807, 2.05) is 0 Å². The van der Waals surface area contributed by atoms with Gasteiger partial charge in [0.2, 0.25) is 0 Å². The molecule has 1 aromatic carbocycles. The zero-order chi connectivity index (χ0) is 19.6.